The summed E-state index contributed by atoms with van der Waals surface area (Å²) in [4.78, 5) is 14.4. The lowest BCUT2D eigenvalue weighted by molar-refractivity contribution is -0.130. The molecule has 1 unspecified atom stereocenters. The van der Waals surface area contributed by atoms with Crippen LogP contribution < -0.4 is 0 Å². The molecular weight excluding hydrogens is 262 g/mol. The Labute approximate surface area is 127 Å². The molecule has 1 fully saturated rings. The average molecular weight is 287 g/mol. The van der Waals surface area contributed by atoms with Gasteiger partial charge in [0.1, 0.15) is 0 Å². The highest BCUT2D eigenvalue weighted by Gasteiger charge is 2.32. The Bertz CT molecular complexity index is 533. The van der Waals surface area contributed by atoms with Crippen LogP contribution in [0.1, 0.15) is 37.8 Å². The fraction of sp³-hybridized carbons (Fsp3) is 0.500. The highest BCUT2D eigenvalue weighted by Crippen LogP contribution is 2.29. The maximum absolute atomic E-state index is 12.5. The molecule has 3 heteroatoms. The van der Waals surface area contributed by atoms with Crippen molar-refractivity contribution >= 4 is 12.0 Å². The third kappa shape index (κ3) is 3.94. The number of carbonyl (C=O) groups is 1. The predicted molar refractivity (Wildman–Crippen MR) is 85.8 cm³/mol. The normalized spacial score (nSPS) is 23.2. The van der Waals surface area contributed by atoms with Crippen molar-refractivity contribution in [3.8, 4) is 0 Å². The van der Waals surface area contributed by atoms with Crippen molar-refractivity contribution in [2.45, 2.75) is 33.6 Å². The van der Waals surface area contributed by atoms with Gasteiger partial charge in [-0.05, 0) is 38.3 Å². The van der Waals surface area contributed by atoms with E-state index in [1.807, 2.05) is 49.1 Å². The van der Waals surface area contributed by atoms with E-state index in [4.69, 9.17) is 0 Å². The van der Waals surface area contributed by atoms with Crippen molar-refractivity contribution in [1.29, 1.82) is 0 Å². The van der Waals surface area contributed by atoms with Crippen molar-refractivity contribution in [2.75, 3.05) is 19.7 Å². The first kappa shape index (κ1) is 15.8. The minimum Gasteiger partial charge on any atom is -0.396 e. The zero-order valence-electron chi connectivity index (χ0n) is 13.2. The Morgan fingerprint density at radius 3 is 2.67 bits per heavy atom. The van der Waals surface area contributed by atoms with Crippen LogP contribution in [0.3, 0.4) is 0 Å². The summed E-state index contributed by atoms with van der Waals surface area (Å²) < 4.78 is 0. The molecule has 1 aromatic rings. The quantitative estimate of drug-likeness (QED) is 0.868. The Morgan fingerprint density at radius 1 is 1.38 bits per heavy atom. The lowest BCUT2D eigenvalue weighted by Gasteiger charge is -2.39. The van der Waals surface area contributed by atoms with Crippen LogP contribution in [-0.2, 0) is 4.79 Å². The van der Waals surface area contributed by atoms with Gasteiger partial charge in [-0.25, -0.2) is 0 Å². The molecule has 1 aromatic carbocycles. The zero-order chi connectivity index (χ0) is 15.5. The molecule has 0 aromatic heterocycles. The lowest BCUT2D eigenvalue weighted by atomic mass is 9.82. The largest absolute Gasteiger partial charge is 0.396 e. The highest BCUT2D eigenvalue weighted by atomic mass is 16.3. The van der Waals surface area contributed by atoms with Crippen LogP contribution in [0.25, 0.3) is 6.08 Å². The smallest absolute Gasteiger partial charge is 0.249 e. The number of aliphatic hydroxyl groups excluding tert-OH is 1. The van der Waals surface area contributed by atoms with Crippen LogP contribution >= 0.6 is 0 Å². The number of piperidine rings is 1. The van der Waals surface area contributed by atoms with Crippen molar-refractivity contribution in [1.82, 2.24) is 4.90 Å². The number of likely N-dealkylation sites (tertiary alicyclic amines) is 1. The summed E-state index contributed by atoms with van der Waals surface area (Å²) in [6, 6.07) is 8.15. The lowest BCUT2D eigenvalue weighted by Crippen LogP contribution is -2.46. The van der Waals surface area contributed by atoms with E-state index in [1.54, 1.807) is 0 Å². The molecular formula is C18H25NO2. The summed E-state index contributed by atoms with van der Waals surface area (Å²) in [5.74, 6) is 0.0787. The van der Waals surface area contributed by atoms with Gasteiger partial charge in [0.05, 0.1) is 6.61 Å². The predicted octanol–water partition coefficient (Wildman–Crippen LogP) is 3.02. The van der Waals surface area contributed by atoms with E-state index < -0.39 is 0 Å². The molecule has 3 nitrogen and oxygen atoms in total. The molecule has 0 spiro atoms. The number of carbonyl (C=O) groups excluding carboxylic acids is 1. The van der Waals surface area contributed by atoms with Crippen molar-refractivity contribution in [2.24, 2.45) is 5.41 Å². The third-order valence-corrected chi connectivity index (χ3v) is 4.25. The molecule has 114 valence electrons. The van der Waals surface area contributed by atoms with Gasteiger partial charge in [-0.15, -0.1) is 0 Å². The summed E-state index contributed by atoms with van der Waals surface area (Å²) in [6.45, 7) is 7.53. The Kier molecular flexibility index (Phi) is 4.84. The Hall–Kier alpha value is -1.61. The SMILES string of the molecule is C/C(=C/c1ccc(C)cc1)C(=O)N1CCCC(C)(CO)C1. The van der Waals surface area contributed by atoms with Crippen LogP contribution in [0.5, 0.6) is 0 Å². The molecule has 1 atom stereocenters. The Balaban J connectivity index is 2.10. The molecule has 1 heterocycles. The second-order valence-corrected chi connectivity index (χ2v) is 6.54. The van der Waals surface area contributed by atoms with Gasteiger partial charge in [-0.2, -0.15) is 0 Å². The third-order valence-electron chi connectivity index (χ3n) is 4.25. The van der Waals surface area contributed by atoms with Gasteiger partial charge in [0, 0.05) is 24.1 Å². The van der Waals surface area contributed by atoms with Gasteiger partial charge in [-0.1, -0.05) is 36.8 Å². The van der Waals surface area contributed by atoms with E-state index in [-0.39, 0.29) is 17.9 Å². The molecule has 0 aliphatic carbocycles. The summed E-state index contributed by atoms with van der Waals surface area (Å²) in [5.41, 5.74) is 2.86. The summed E-state index contributed by atoms with van der Waals surface area (Å²) in [7, 11) is 0. The summed E-state index contributed by atoms with van der Waals surface area (Å²) in [5, 5.41) is 9.50. The van der Waals surface area contributed by atoms with Gasteiger partial charge in [0.25, 0.3) is 0 Å². The fourth-order valence-electron chi connectivity index (χ4n) is 2.84. The van der Waals surface area contributed by atoms with Gasteiger partial charge in [-0.3, -0.25) is 4.79 Å². The molecule has 21 heavy (non-hydrogen) atoms. The number of aliphatic hydroxyl groups is 1. The van der Waals surface area contributed by atoms with E-state index in [0.29, 0.717) is 6.54 Å². The minimum atomic E-state index is -0.155. The molecule has 1 aliphatic rings. The van der Waals surface area contributed by atoms with Crippen LogP contribution in [0.4, 0.5) is 0 Å². The van der Waals surface area contributed by atoms with Gasteiger partial charge in [0.2, 0.25) is 5.91 Å². The second-order valence-electron chi connectivity index (χ2n) is 6.54. The van der Waals surface area contributed by atoms with Crippen molar-refractivity contribution < 1.29 is 9.90 Å². The standard InChI is InChI=1S/C18H25NO2/c1-14-5-7-16(8-6-14)11-15(2)17(21)19-10-4-9-18(3,12-19)13-20/h5-8,11,20H,4,9-10,12-13H2,1-3H3/b15-11-. The van der Waals surface area contributed by atoms with Crippen LogP contribution in [-0.4, -0.2) is 35.6 Å². The molecule has 1 aliphatic heterocycles. The number of benzene rings is 1. The van der Waals surface area contributed by atoms with Gasteiger partial charge >= 0.3 is 0 Å². The number of hydrogen-bond acceptors (Lipinski definition) is 2. The summed E-state index contributed by atoms with van der Waals surface area (Å²) in [6.07, 6.45) is 3.88. The number of rotatable bonds is 3. The number of nitrogens with zero attached hydrogens (tertiary/aromatic N) is 1. The monoisotopic (exact) mass is 287 g/mol. The van der Waals surface area contributed by atoms with Crippen LogP contribution in [0.2, 0.25) is 0 Å². The molecule has 1 N–H and O–H groups in total. The Morgan fingerprint density at radius 2 is 2.05 bits per heavy atom. The van der Waals surface area contributed by atoms with E-state index in [2.05, 4.69) is 6.92 Å². The van der Waals surface area contributed by atoms with Crippen LogP contribution in [0, 0.1) is 12.3 Å². The van der Waals surface area contributed by atoms with Crippen LogP contribution in [0.15, 0.2) is 29.8 Å². The molecule has 0 bridgehead atoms. The van der Waals surface area contributed by atoms with E-state index >= 15 is 0 Å². The molecule has 0 saturated carbocycles. The highest BCUT2D eigenvalue weighted by molar-refractivity contribution is 5.97. The van der Waals surface area contributed by atoms with Crippen molar-refractivity contribution in [3.63, 3.8) is 0 Å². The number of hydrogen-bond donors (Lipinski definition) is 1. The zero-order valence-corrected chi connectivity index (χ0v) is 13.2. The van der Waals surface area contributed by atoms with Gasteiger partial charge in [0.15, 0.2) is 0 Å². The molecule has 1 saturated heterocycles. The molecule has 0 radical (unpaired) electrons. The topological polar surface area (TPSA) is 40.5 Å². The minimum absolute atomic E-state index is 0.0787. The maximum Gasteiger partial charge on any atom is 0.249 e. The maximum atomic E-state index is 12.5. The second kappa shape index (κ2) is 6.44. The first-order valence-electron chi connectivity index (χ1n) is 7.59. The van der Waals surface area contributed by atoms with Gasteiger partial charge < -0.3 is 10.0 Å². The molecule has 2 rings (SSSR count). The summed E-state index contributed by atoms with van der Waals surface area (Å²) >= 11 is 0. The molecule has 1 amide bonds. The van der Waals surface area contributed by atoms with E-state index in [9.17, 15) is 9.90 Å². The number of aryl methyl sites for hydroxylation is 1. The first-order chi connectivity index (χ1) is 9.93. The first-order valence-corrected chi connectivity index (χ1v) is 7.59. The van der Waals surface area contributed by atoms with E-state index in [1.165, 1.54) is 5.56 Å². The average Bonchev–Trinajstić information content (AvgIpc) is 2.49. The fourth-order valence-corrected chi connectivity index (χ4v) is 2.84. The number of amides is 1. The van der Waals surface area contributed by atoms with Crippen molar-refractivity contribution in [3.05, 3.63) is 41.0 Å². The van der Waals surface area contributed by atoms with E-state index in [0.717, 1.165) is 30.5 Å².